The maximum absolute atomic E-state index is 6.27. The van der Waals surface area contributed by atoms with E-state index >= 15 is 0 Å². The molecular formula is C17H24ClN3O2S. The van der Waals surface area contributed by atoms with Gasteiger partial charge >= 0.3 is 0 Å². The fourth-order valence-corrected chi connectivity index (χ4v) is 4.36. The molecule has 1 atom stereocenters. The van der Waals surface area contributed by atoms with Crippen LogP contribution in [0.5, 0.6) is 11.5 Å². The molecule has 1 aromatic rings. The van der Waals surface area contributed by atoms with E-state index in [1.807, 2.05) is 23.9 Å². The van der Waals surface area contributed by atoms with Crippen molar-refractivity contribution in [3.8, 4) is 11.5 Å². The maximum Gasteiger partial charge on any atom is 0.191 e. The second-order valence-corrected chi connectivity index (χ2v) is 7.68. The van der Waals surface area contributed by atoms with E-state index in [0.717, 1.165) is 36.8 Å². The second-order valence-electron chi connectivity index (χ2n) is 5.87. The van der Waals surface area contributed by atoms with E-state index < -0.39 is 0 Å². The number of halogens is 1. The summed E-state index contributed by atoms with van der Waals surface area (Å²) >= 11 is 8.32. The zero-order valence-corrected chi connectivity index (χ0v) is 15.5. The highest BCUT2D eigenvalue weighted by Crippen LogP contribution is 2.38. The molecule has 7 heteroatoms. The van der Waals surface area contributed by atoms with Crippen molar-refractivity contribution in [1.29, 1.82) is 0 Å². The summed E-state index contributed by atoms with van der Waals surface area (Å²) in [5.41, 5.74) is 1.12. The molecule has 1 unspecified atom stereocenters. The number of benzene rings is 1. The van der Waals surface area contributed by atoms with Gasteiger partial charge in [-0.25, -0.2) is 0 Å². The number of hydrogen-bond acceptors (Lipinski definition) is 4. The van der Waals surface area contributed by atoms with Crippen LogP contribution in [0, 0.1) is 0 Å². The Balaban J connectivity index is 1.47. The summed E-state index contributed by atoms with van der Waals surface area (Å²) in [7, 11) is 1.80. The van der Waals surface area contributed by atoms with Gasteiger partial charge in [-0.3, -0.25) is 4.99 Å². The first-order valence-electron chi connectivity index (χ1n) is 8.40. The number of nitrogens with one attached hydrogen (secondary N) is 2. The number of ether oxygens (including phenoxy) is 2. The second kappa shape index (κ2) is 8.72. The van der Waals surface area contributed by atoms with Gasteiger partial charge in [0.25, 0.3) is 0 Å². The van der Waals surface area contributed by atoms with E-state index in [4.69, 9.17) is 21.1 Å². The lowest BCUT2D eigenvalue weighted by Crippen LogP contribution is -2.40. The summed E-state index contributed by atoms with van der Waals surface area (Å²) in [6.45, 7) is 2.88. The number of thioether (sulfide) groups is 1. The standard InChI is InChI=1S/C17H24ClN3O2S/c1-19-17(21-11-13-3-2-8-24-13)20-5-4-12-9-14(18)16-15(10-12)22-6-7-23-16/h9-10,13H,2-8,11H2,1H3,(H2,19,20,21). The monoisotopic (exact) mass is 369 g/mol. The molecule has 0 aromatic heterocycles. The Morgan fingerprint density at radius 3 is 3.00 bits per heavy atom. The van der Waals surface area contributed by atoms with Crippen LogP contribution in [0.1, 0.15) is 18.4 Å². The summed E-state index contributed by atoms with van der Waals surface area (Å²) in [5.74, 6) is 3.53. The number of hydrogen-bond donors (Lipinski definition) is 2. The molecule has 0 amide bonds. The quantitative estimate of drug-likeness (QED) is 0.617. The van der Waals surface area contributed by atoms with Crippen molar-refractivity contribution >= 4 is 29.3 Å². The van der Waals surface area contributed by atoms with E-state index in [1.54, 1.807) is 7.05 Å². The third kappa shape index (κ3) is 4.63. The first-order valence-corrected chi connectivity index (χ1v) is 9.83. The molecule has 2 heterocycles. The smallest absolute Gasteiger partial charge is 0.191 e. The minimum Gasteiger partial charge on any atom is -0.486 e. The lowest BCUT2D eigenvalue weighted by molar-refractivity contribution is 0.171. The third-order valence-corrected chi connectivity index (χ3v) is 5.79. The van der Waals surface area contributed by atoms with Crippen LogP contribution in [0.2, 0.25) is 5.02 Å². The number of fused-ring (bicyclic) bond motifs is 1. The average Bonchev–Trinajstić information content (AvgIpc) is 3.11. The SMILES string of the molecule is CN=C(NCCc1cc(Cl)c2c(c1)OCCO2)NCC1CCCS1. The van der Waals surface area contributed by atoms with E-state index in [1.165, 1.54) is 18.6 Å². The van der Waals surface area contributed by atoms with Crippen molar-refractivity contribution in [2.45, 2.75) is 24.5 Å². The van der Waals surface area contributed by atoms with E-state index in [-0.39, 0.29) is 0 Å². The van der Waals surface area contributed by atoms with Crippen LogP contribution >= 0.6 is 23.4 Å². The molecule has 0 spiro atoms. The fraction of sp³-hybridized carbons (Fsp3) is 0.588. The van der Waals surface area contributed by atoms with Crippen LogP contribution in [0.25, 0.3) is 0 Å². The maximum atomic E-state index is 6.27. The Morgan fingerprint density at radius 2 is 2.21 bits per heavy atom. The predicted molar refractivity (Wildman–Crippen MR) is 101 cm³/mol. The normalized spacial score (nSPS) is 20.1. The Bertz CT molecular complexity index is 591. The average molecular weight is 370 g/mol. The van der Waals surface area contributed by atoms with Gasteiger partial charge in [0.15, 0.2) is 17.5 Å². The molecule has 1 fully saturated rings. The molecule has 3 rings (SSSR count). The third-order valence-electron chi connectivity index (χ3n) is 4.11. The molecule has 1 saturated heterocycles. The molecule has 24 heavy (non-hydrogen) atoms. The van der Waals surface area contributed by atoms with E-state index in [9.17, 15) is 0 Å². The van der Waals surface area contributed by atoms with Crippen LogP contribution in [0.4, 0.5) is 0 Å². The molecular weight excluding hydrogens is 346 g/mol. The van der Waals surface area contributed by atoms with Gasteiger partial charge in [0.1, 0.15) is 13.2 Å². The minimum atomic E-state index is 0.550. The van der Waals surface area contributed by atoms with Crippen LogP contribution in [-0.4, -0.2) is 50.3 Å². The van der Waals surface area contributed by atoms with Crippen LogP contribution in [0.15, 0.2) is 17.1 Å². The van der Waals surface area contributed by atoms with Gasteiger partial charge in [-0.15, -0.1) is 0 Å². The Hall–Kier alpha value is -1.27. The number of rotatable bonds is 5. The highest BCUT2D eigenvalue weighted by molar-refractivity contribution is 8.00. The Labute approximate surface area is 152 Å². The van der Waals surface area contributed by atoms with Crippen LogP contribution < -0.4 is 20.1 Å². The summed E-state index contributed by atoms with van der Waals surface area (Å²) in [6.07, 6.45) is 3.47. The van der Waals surface area contributed by atoms with Crippen molar-refractivity contribution in [1.82, 2.24) is 10.6 Å². The van der Waals surface area contributed by atoms with E-state index in [0.29, 0.717) is 29.2 Å². The van der Waals surface area contributed by atoms with Gasteiger partial charge in [-0.05, 0) is 42.7 Å². The van der Waals surface area contributed by atoms with Gasteiger partial charge < -0.3 is 20.1 Å². The van der Waals surface area contributed by atoms with Crippen molar-refractivity contribution in [3.63, 3.8) is 0 Å². The van der Waals surface area contributed by atoms with Crippen molar-refractivity contribution < 1.29 is 9.47 Å². The van der Waals surface area contributed by atoms with Crippen LogP contribution in [0.3, 0.4) is 0 Å². The number of nitrogens with zero attached hydrogens (tertiary/aromatic N) is 1. The summed E-state index contributed by atoms with van der Waals surface area (Å²) in [4.78, 5) is 4.28. The highest BCUT2D eigenvalue weighted by atomic mass is 35.5. The largest absolute Gasteiger partial charge is 0.486 e. The first-order chi connectivity index (χ1) is 11.8. The van der Waals surface area contributed by atoms with Crippen molar-refractivity contribution in [3.05, 3.63) is 22.7 Å². The fourth-order valence-electron chi connectivity index (χ4n) is 2.87. The van der Waals surface area contributed by atoms with Crippen molar-refractivity contribution in [2.75, 3.05) is 39.1 Å². The first kappa shape index (κ1) is 17.5. The Kier molecular flexibility index (Phi) is 6.37. The molecule has 0 bridgehead atoms. The number of aliphatic imine (C=N–C) groups is 1. The van der Waals surface area contributed by atoms with Crippen molar-refractivity contribution in [2.24, 2.45) is 4.99 Å². The van der Waals surface area contributed by atoms with Gasteiger partial charge in [0, 0.05) is 25.4 Å². The zero-order chi connectivity index (χ0) is 16.8. The molecule has 2 aliphatic heterocycles. The van der Waals surface area contributed by atoms with Gasteiger partial charge in [0.05, 0.1) is 5.02 Å². The Morgan fingerprint density at radius 1 is 1.33 bits per heavy atom. The molecule has 2 aliphatic rings. The predicted octanol–water partition coefficient (Wildman–Crippen LogP) is 2.71. The summed E-state index contributed by atoms with van der Waals surface area (Å²) < 4.78 is 11.2. The summed E-state index contributed by atoms with van der Waals surface area (Å²) in [6, 6.07) is 3.95. The summed E-state index contributed by atoms with van der Waals surface area (Å²) in [5, 5.41) is 8.08. The minimum absolute atomic E-state index is 0.550. The number of guanidine groups is 1. The molecule has 5 nitrogen and oxygen atoms in total. The highest BCUT2D eigenvalue weighted by Gasteiger charge is 2.17. The molecule has 1 aromatic carbocycles. The lowest BCUT2D eigenvalue weighted by Gasteiger charge is -2.20. The molecule has 2 N–H and O–H groups in total. The van der Waals surface area contributed by atoms with Gasteiger partial charge in [-0.1, -0.05) is 11.6 Å². The zero-order valence-electron chi connectivity index (χ0n) is 13.9. The molecule has 0 saturated carbocycles. The topological polar surface area (TPSA) is 54.9 Å². The van der Waals surface area contributed by atoms with E-state index in [2.05, 4.69) is 15.6 Å². The van der Waals surface area contributed by atoms with Crippen LogP contribution in [-0.2, 0) is 6.42 Å². The molecule has 0 radical (unpaired) electrons. The lowest BCUT2D eigenvalue weighted by atomic mass is 10.1. The molecule has 132 valence electrons. The van der Waals surface area contributed by atoms with Gasteiger partial charge in [-0.2, -0.15) is 11.8 Å². The van der Waals surface area contributed by atoms with Gasteiger partial charge in [0.2, 0.25) is 0 Å². The molecule has 0 aliphatic carbocycles.